The minimum Gasteiger partial charge on any atom is -0.360 e. The molecule has 9 nitrogen and oxygen atoms in total. The van der Waals surface area contributed by atoms with Crippen LogP contribution in [0.15, 0.2) is 64.0 Å². The number of carbonyl (C=O) groups excluding carboxylic acids is 1. The maximum atomic E-state index is 12.4. The summed E-state index contributed by atoms with van der Waals surface area (Å²) in [4.78, 5) is 12.0. The van der Waals surface area contributed by atoms with Gasteiger partial charge in [-0.1, -0.05) is 70.6 Å². The van der Waals surface area contributed by atoms with Gasteiger partial charge < -0.3 is 4.52 Å². The number of carbonyl (C=O) groups is 1. The highest BCUT2D eigenvalue weighted by atomic mass is 35.5. The molecule has 2 aromatic carbocycles. The highest BCUT2D eigenvalue weighted by Crippen LogP contribution is 2.36. The van der Waals surface area contributed by atoms with Crippen LogP contribution in [0.25, 0.3) is 21.8 Å². The van der Waals surface area contributed by atoms with Gasteiger partial charge in [0, 0.05) is 0 Å². The number of hydrogen-bond acceptors (Lipinski definition) is 8. The van der Waals surface area contributed by atoms with Crippen molar-refractivity contribution in [2.45, 2.75) is 11.8 Å². The molecule has 0 aliphatic heterocycles. The van der Waals surface area contributed by atoms with Gasteiger partial charge in [-0.3, -0.25) is 5.32 Å². The molecule has 0 saturated heterocycles. The number of nitrogens with one attached hydrogen (secondary N) is 2. The summed E-state index contributed by atoms with van der Waals surface area (Å²) >= 11 is 6.93. The molecule has 0 radical (unpaired) electrons. The van der Waals surface area contributed by atoms with Gasteiger partial charge in [0.05, 0.1) is 10.6 Å². The molecule has 0 aliphatic carbocycles. The monoisotopic (exact) mass is 475 g/mol. The Bertz CT molecular complexity index is 1350. The second-order valence-electron chi connectivity index (χ2n) is 6.23. The molecule has 0 saturated carbocycles. The summed E-state index contributed by atoms with van der Waals surface area (Å²) in [6, 6.07) is 14.3. The third-order valence-electron chi connectivity index (χ3n) is 4.13. The number of amides is 2. The van der Waals surface area contributed by atoms with Crippen LogP contribution in [0.2, 0.25) is 5.02 Å². The van der Waals surface area contributed by atoms with Crippen molar-refractivity contribution < 1.29 is 17.7 Å². The number of halogens is 1. The van der Waals surface area contributed by atoms with Crippen molar-refractivity contribution in [3.8, 4) is 21.8 Å². The van der Waals surface area contributed by atoms with Crippen molar-refractivity contribution in [3.63, 3.8) is 0 Å². The molecule has 4 aromatic rings. The predicted molar refractivity (Wildman–Crippen MR) is 116 cm³/mol. The molecular weight excluding hydrogens is 462 g/mol. The topological polar surface area (TPSA) is 127 Å². The van der Waals surface area contributed by atoms with E-state index in [1.165, 1.54) is 18.2 Å². The number of aromatic nitrogens is 3. The Morgan fingerprint density at radius 3 is 2.52 bits per heavy atom. The first-order valence-corrected chi connectivity index (χ1v) is 11.5. The number of sulfonamides is 1. The number of hydrogen-bond donors (Lipinski definition) is 2. The normalized spacial score (nSPS) is 11.3. The smallest absolute Gasteiger partial charge is 0.334 e. The number of benzene rings is 2. The fraction of sp³-hybridized carbons (Fsp3) is 0.0526. The van der Waals surface area contributed by atoms with E-state index >= 15 is 0 Å². The van der Waals surface area contributed by atoms with E-state index in [2.05, 4.69) is 20.7 Å². The van der Waals surface area contributed by atoms with Crippen LogP contribution in [0.5, 0.6) is 0 Å². The van der Waals surface area contributed by atoms with Gasteiger partial charge in [-0.25, -0.2) is 17.9 Å². The Morgan fingerprint density at radius 2 is 1.77 bits per heavy atom. The largest absolute Gasteiger partial charge is 0.360 e. The molecule has 0 fully saturated rings. The van der Waals surface area contributed by atoms with Crippen LogP contribution in [0.4, 0.5) is 9.93 Å². The second kappa shape index (κ2) is 8.46. The molecular formula is C19H14ClN5O4S2. The first-order valence-electron chi connectivity index (χ1n) is 8.79. The maximum absolute atomic E-state index is 12.4. The van der Waals surface area contributed by atoms with E-state index in [0.717, 1.165) is 22.5 Å². The summed E-state index contributed by atoms with van der Waals surface area (Å²) in [5.41, 5.74) is 2.12. The van der Waals surface area contributed by atoms with Gasteiger partial charge in [0.15, 0.2) is 10.7 Å². The van der Waals surface area contributed by atoms with E-state index in [1.54, 1.807) is 13.0 Å². The molecule has 0 unspecified atom stereocenters. The number of nitrogens with zero attached hydrogens (tertiary/aromatic N) is 3. The van der Waals surface area contributed by atoms with Crippen molar-refractivity contribution in [1.82, 2.24) is 20.1 Å². The Labute approximate surface area is 186 Å². The van der Waals surface area contributed by atoms with Crippen LogP contribution in [0.1, 0.15) is 5.76 Å². The Kier molecular flexibility index (Phi) is 5.72. The summed E-state index contributed by atoms with van der Waals surface area (Å²) in [6.07, 6.45) is 0. The van der Waals surface area contributed by atoms with Crippen LogP contribution >= 0.6 is 22.9 Å². The van der Waals surface area contributed by atoms with E-state index in [1.807, 2.05) is 35.1 Å². The molecule has 4 rings (SSSR count). The number of rotatable bonds is 5. The fourth-order valence-corrected chi connectivity index (χ4v) is 4.95. The van der Waals surface area contributed by atoms with Gasteiger partial charge in [0.1, 0.15) is 10.7 Å². The van der Waals surface area contributed by atoms with Gasteiger partial charge >= 0.3 is 6.03 Å². The molecule has 0 aliphatic rings. The summed E-state index contributed by atoms with van der Waals surface area (Å²) < 4.78 is 32.0. The van der Waals surface area contributed by atoms with Gasteiger partial charge in [-0.2, -0.15) is 0 Å². The molecule has 2 amide bonds. The lowest BCUT2D eigenvalue weighted by molar-refractivity contribution is 0.256. The lowest BCUT2D eigenvalue weighted by Crippen LogP contribution is -2.34. The summed E-state index contributed by atoms with van der Waals surface area (Å²) in [6.45, 7) is 1.78. The van der Waals surface area contributed by atoms with E-state index in [4.69, 9.17) is 16.1 Å². The van der Waals surface area contributed by atoms with Gasteiger partial charge in [0.25, 0.3) is 10.0 Å². The van der Waals surface area contributed by atoms with Crippen LogP contribution in [-0.2, 0) is 10.0 Å². The average molecular weight is 476 g/mol. The molecule has 0 spiro atoms. The van der Waals surface area contributed by atoms with E-state index < -0.39 is 16.1 Å². The van der Waals surface area contributed by atoms with Crippen LogP contribution in [0, 0.1) is 6.92 Å². The fourth-order valence-electron chi connectivity index (χ4n) is 2.79. The van der Waals surface area contributed by atoms with Gasteiger partial charge in [-0.15, -0.1) is 10.2 Å². The average Bonchev–Trinajstić information content (AvgIpc) is 3.34. The first kappa shape index (κ1) is 21.0. The minimum absolute atomic E-state index is 0.00385. The molecule has 12 heteroatoms. The van der Waals surface area contributed by atoms with Crippen LogP contribution < -0.4 is 10.0 Å². The SMILES string of the molecule is Cc1onc(-c2nnc(NC(=O)NS(=O)(=O)c3ccccc3Cl)s2)c1-c1ccccc1. The summed E-state index contributed by atoms with van der Waals surface area (Å²) in [5.74, 6) is 0.606. The van der Waals surface area contributed by atoms with Crippen LogP contribution in [-0.4, -0.2) is 29.8 Å². The van der Waals surface area contributed by atoms with Gasteiger partial charge in [0.2, 0.25) is 5.13 Å². The lowest BCUT2D eigenvalue weighted by atomic mass is 10.0. The predicted octanol–water partition coefficient (Wildman–Crippen LogP) is 4.33. The number of anilines is 1. The Hall–Kier alpha value is -3.28. The Balaban J connectivity index is 1.53. The third-order valence-corrected chi connectivity index (χ3v) is 6.80. The van der Waals surface area contributed by atoms with Crippen molar-refractivity contribution in [3.05, 3.63) is 65.4 Å². The highest BCUT2D eigenvalue weighted by molar-refractivity contribution is 7.90. The quantitative estimate of drug-likeness (QED) is 0.439. The van der Waals surface area contributed by atoms with E-state index in [0.29, 0.717) is 16.5 Å². The number of aryl methyl sites for hydroxylation is 1. The second-order valence-corrected chi connectivity index (χ2v) is 9.27. The third kappa shape index (κ3) is 4.43. The standard InChI is InChI=1S/C19H14ClN5O4S2/c1-11-15(12-7-3-2-4-8-12)16(24-29-11)17-22-23-19(30-17)21-18(26)25-31(27,28)14-10-6-5-9-13(14)20/h2-10H,1H3,(H2,21,23,25,26). The molecule has 31 heavy (non-hydrogen) atoms. The minimum atomic E-state index is -4.16. The zero-order chi connectivity index (χ0) is 22.0. The van der Waals surface area contributed by atoms with E-state index in [9.17, 15) is 13.2 Å². The molecule has 2 N–H and O–H groups in total. The molecule has 0 atom stereocenters. The lowest BCUT2D eigenvalue weighted by Gasteiger charge is -2.07. The molecule has 0 bridgehead atoms. The summed E-state index contributed by atoms with van der Waals surface area (Å²) in [7, 11) is -4.16. The van der Waals surface area contributed by atoms with Gasteiger partial charge in [-0.05, 0) is 24.6 Å². The Morgan fingerprint density at radius 1 is 1.06 bits per heavy atom. The maximum Gasteiger partial charge on any atom is 0.334 e. The number of urea groups is 1. The highest BCUT2D eigenvalue weighted by Gasteiger charge is 2.23. The zero-order valence-electron chi connectivity index (χ0n) is 15.9. The van der Waals surface area contributed by atoms with Crippen molar-refractivity contribution in [2.75, 3.05) is 5.32 Å². The molecule has 158 valence electrons. The first-order chi connectivity index (χ1) is 14.8. The van der Waals surface area contributed by atoms with Crippen molar-refractivity contribution >= 4 is 44.1 Å². The zero-order valence-corrected chi connectivity index (χ0v) is 18.3. The van der Waals surface area contributed by atoms with Crippen molar-refractivity contribution in [1.29, 1.82) is 0 Å². The van der Waals surface area contributed by atoms with Crippen LogP contribution in [0.3, 0.4) is 0 Å². The molecule has 2 heterocycles. The van der Waals surface area contributed by atoms with Crippen molar-refractivity contribution in [2.24, 2.45) is 0 Å². The van der Waals surface area contributed by atoms with E-state index in [-0.39, 0.29) is 15.0 Å². The summed E-state index contributed by atoms with van der Waals surface area (Å²) in [5, 5.41) is 14.8. The molecule has 2 aromatic heterocycles.